The number of thiophene rings is 1. The van der Waals surface area contributed by atoms with E-state index in [1.165, 1.54) is 9.21 Å². The fraction of sp³-hybridized carbons (Fsp3) is 0.333. The molecule has 68 heavy (non-hydrogen) atoms. The summed E-state index contributed by atoms with van der Waals surface area (Å²) in [6.07, 6.45) is 3.32. The van der Waals surface area contributed by atoms with Gasteiger partial charge in [-0.05, 0) is 96.5 Å². The number of piperidine rings is 2. The van der Waals surface area contributed by atoms with Crippen molar-refractivity contribution in [3.05, 3.63) is 105 Å². The molecule has 3 saturated heterocycles. The zero-order valence-electron chi connectivity index (χ0n) is 36.3. The number of carbonyl (C=O) groups excluding carboxylic acids is 4. The summed E-state index contributed by atoms with van der Waals surface area (Å²) in [6.45, 7) is 1.05. The molecule has 1 spiro atoms. The smallest absolute Gasteiger partial charge is 0.349 e. The number of likely N-dealkylation sites (tertiary alicyclic amines) is 1. The highest BCUT2D eigenvalue weighted by Crippen LogP contribution is 2.51. The number of halogens is 1. The second kappa shape index (κ2) is 17.5. The zero-order chi connectivity index (χ0) is 47.6. The van der Waals surface area contributed by atoms with Gasteiger partial charge in [-0.15, -0.1) is 11.3 Å². The number of ether oxygens (including phenoxy) is 1. The number of imide groups is 1. The lowest BCUT2D eigenvalue weighted by molar-refractivity contribution is -0.139. The molecule has 10 rings (SSSR count). The molecule has 1 atom stereocenters. The first-order valence-electron chi connectivity index (χ1n) is 22.2. The number of benzene rings is 4. The van der Waals surface area contributed by atoms with Crippen LogP contribution >= 0.6 is 22.9 Å². The number of carboxylic acid groups (broad SMARTS) is 2. The highest BCUT2D eigenvalue weighted by atomic mass is 35.5. The van der Waals surface area contributed by atoms with Gasteiger partial charge in [-0.2, -0.15) is 0 Å². The standard InChI is InChI=1S/C48H45ClN6O11S2/c49-40-41(66-22-38(57)58)43(46(61)62)67-42(40)28-5-2-7-30(19-28)50-31-20-48(21-31)24-54(25-48)68(64,65)23-26-4-1-6-29(18-26)51-47(63)53-16-14-27(15-17-53)32-10-11-35-39-33(32)8-3-9-34(39)45(60)55(35)36-12-13-37(56)52-44(36)59/h1-11,18-19,27,31,36,50H,12-17,20-25H2,(H,51,63)(H,57,58)(H,61,62)(H,52,56,59). The first kappa shape index (κ1) is 45.3. The van der Waals surface area contributed by atoms with Crippen LogP contribution in [-0.2, 0) is 30.2 Å². The van der Waals surface area contributed by atoms with Crippen molar-refractivity contribution in [3.8, 4) is 16.2 Å². The van der Waals surface area contributed by atoms with Crippen LogP contribution in [0.5, 0.6) is 5.75 Å². The molecule has 1 unspecified atom stereocenters. The Morgan fingerprint density at radius 1 is 0.912 bits per heavy atom. The molecule has 5 N–H and O–H groups in total. The Bertz CT molecular complexity index is 3070. The number of sulfonamides is 1. The third kappa shape index (κ3) is 8.41. The number of amides is 5. The summed E-state index contributed by atoms with van der Waals surface area (Å²) in [6, 6.07) is 22.7. The van der Waals surface area contributed by atoms with Crippen molar-refractivity contribution < 1.29 is 52.1 Å². The maximum Gasteiger partial charge on any atom is 0.349 e. The molecule has 1 saturated carbocycles. The molecule has 17 nitrogen and oxygen atoms in total. The molecule has 20 heteroatoms. The van der Waals surface area contributed by atoms with Crippen molar-refractivity contribution in [2.24, 2.45) is 5.41 Å². The Kier molecular flexibility index (Phi) is 11.7. The molecule has 352 valence electrons. The number of rotatable bonds is 13. The topological polar surface area (TPSA) is 232 Å². The van der Waals surface area contributed by atoms with Crippen LogP contribution in [-0.4, -0.2) is 108 Å². The number of nitrogens with one attached hydrogen (secondary N) is 3. The van der Waals surface area contributed by atoms with Crippen LogP contribution in [0.2, 0.25) is 5.02 Å². The maximum absolute atomic E-state index is 13.6. The first-order chi connectivity index (χ1) is 32.6. The summed E-state index contributed by atoms with van der Waals surface area (Å²) in [7, 11) is -3.65. The van der Waals surface area contributed by atoms with Crippen molar-refractivity contribution in [1.82, 2.24) is 14.5 Å². The number of anilines is 3. The van der Waals surface area contributed by atoms with Gasteiger partial charge in [0.2, 0.25) is 21.8 Å². The van der Waals surface area contributed by atoms with E-state index in [-0.39, 0.29) is 69.5 Å². The normalized spacial score (nSPS) is 19.4. The van der Waals surface area contributed by atoms with E-state index in [1.54, 1.807) is 47.4 Å². The second-order valence-corrected chi connectivity index (χ2v) is 21.5. The Hall–Kier alpha value is -6.54. The van der Waals surface area contributed by atoms with Gasteiger partial charge in [-0.3, -0.25) is 24.6 Å². The largest absolute Gasteiger partial charge is 0.479 e. The van der Waals surface area contributed by atoms with Crippen LogP contribution in [0.3, 0.4) is 0 Å². The molecule has 5 heterocycles. The van der Waals surface area contributed by atoms with Gasteiger partial charge in [0.15, 0.2) is 17.2 Å². The third-order valence-electron chi connectivity index (χ3n) is 13.6. The molecule has 4 aliphatic heterocycles. The van der Waals surface area contributed by atoms with Crippen molar-refractivity contribution >= 4 is 96.5 Å². The molecule has 5 aliphatic rings. The van der Waals surface area contributed by atoms with Crippen LogP contribution in [0.4, 0.5) is 21.9 Å². The number of nitrogens with zero attached hydrogens (tertiary/aromatic N) is 3. The van der Waals surface area contributed by atoms with E-state index < -0.39 is 40.5 Å². The van der Waals surface area contributed by atoms with Crippen molar-refractivity contribution in [1.29, 1.82) is 0 Å². The number of aromatic carboxylic acids is 1. The average molecular weight is 982 g/mol. The van der Waals surface area contributed by atoms with Gasteiger partial charge < -0.3 is 30.5 Å². The minimum Gasteiger partial charge on any atom is -0.479 e. The summed E-state index contributed by atoms with van der Waals surface area (Å²) in [5.41, 5.74) is 4.58. The fourth-order valence-electron chi connectivity index (χ4n) is 10.5. The number of carbonyl (C=O) groups is 6. The number of carboxylic acids is 2. The third-order valence-corrected chi connectivity index (χ3v) is 17.1. The average Bonchev–Trinajstić information content (AvgIpc) is 3.76. The van der Waals surface area contributed by atoms with Gasteiger partial charge in [0.25, 0.3) is 5.91 Å². The molecule has 1 aliphatic carbocycles. The van der Waals surface area contributed by atoms with Crippen molar-refractivity contribution in [3.63, 3.8) is 0 Å². The van der Waals surface area contributed by atoms with Gasteiger partial charge in [0.1, 0.15) is 11.1 Å². The Labute approximate surface area is 399 Å². The molecular formula is C48H45ClN6O11S2. The number of urea groups is 1. The summed E-state index contributed by atoms with van der Waals surface area (Å²) >= 11 is 7.39. The van der Waals surface area contributed by atoms with Gasteiger partial charge in [0, 0.05) is 66.4 Å². The molecule has 5 aromatic rings. The zero-order valence-corrected chi connectivity index (χ0v) is 38.7. The number of hydrogen-bond acceptors (Lipinski definition) is 11. The number of aliphatic carboxylic acids is 1. The maximum atomic E-state index is 13.6. The summed E-state index contributed by atoms with van der Waals surface area (Å²) in [5, 5.41) is 29.3. The number of hydrogen-bond donors (Lipinski definition) is 5. The van der Waals surface area contributed by atoms with E-state index >= 15 is 0 Å². The van der Waals surface area contributed by atoms with E-state index in [2.05, 4.69) is 16.0 Å². The van der Waals surface area contributed by atoms with Crippen LogP contribution in [0.1, 0.15) is 75.6 Å². The van der Waals surface area contributed by atoms with E-state index in [0.717, 1.165) is 46.2 Å². The Balaban J connectivity index is 0.711. The van der Waals surface area contributed by atoms with E-state index in [0.29, 0.717) is 72.0 Å². The highest BCUT2D eigenvalue weighted by Gasteiger charge is 2.55. The highest BCUT2D eigenvalue weighted by molar-refractivity contribution is 7.88. The van der Waals surface area contributed by atoms with Crippen molar-refractivity contribution in [2.75, 3.05) is 48.3 Å². The molecular weight excluding hydrogens is 936 g/mol. The second-order valence-electron chi connectivity index (χ2n) is 18.2. The SMILES string of the molecule is O=C(O)COc1c(C(=O)O)sc(-c2cccc(NC3CC4(C3)CN(S(=O)(=O)Cc3cccc(NC(=O)N5CCC(c6ccc7c8c(cccc68)C(=O)N7C6CCC(=O)NC6=O)CC5)c3)C4)c2)c1Cl. The predicted molar refractivity (Wildman–Crippen MR) is 254 cm³/mol. The lowest BCUT2D eigenvalue weighted by Gasteiger charge is -2.58. The van der Waals surface area contributed by atoms with Crippen LogP contribution < -0.4 is 25.6 Å². The molecule has 1 aromatic heterocycles. The summed E-state index contributed by atoms with van der Waals surface area (Å²) in [4.78, 5) is 78.1. The van der Waals surface area contributed by atoms with Gasteiger partial charge in [0.05, 0.1) is 16.3 Å². The molecule has 4 fully saturated rings. The molecule has 4 aromatic carbocycles. The van der Waals surface area contributed by atoms with Gasteiger partial charge in [-0.25, -0.2) is 27.1 Å². The lowest BCUT2D eigenvalue weighted by Crippen LogP contribution is -2.66. The first-order valence-corrected chi connectivity index (χ1v) is 25.0. The molecule has 0 radical (unpaired) electrons. The summed E-state index contributed by atoms with van der Waals surface area (Å²) in [5.74, 6) is -3.90. The fourth-order valence-corrected chi connectivity index (χ4v) is 13.6. The predicted octanol–water partition coefficient (Wildman–Crippen LogP) is 6.97. The Morgan fingerprint density at radius 2 is 1.65 bits per heavy atom. The van der Waals surface area contributed by atoms with E-state index in [9.17, 15) is 42.3 Å². The van der Waals surface area contributed by atoms with E-state index in [1.807, 2.05) is 36.4 Å². The Morgan fingerprint density at radius 3 is 2.38 bits per heavy atom. The van der Waals surface area contributed by atoms with Crippen LogP contribution in [0.25, 0.3) is 21.2 Å². The van der Waals surface area contributed by atoms with E-state index in [4.69, 9.17) is 21.4 Å². The molecule has 5 amide bonds. The summed E-state index contributed by atoms with van der Waals surface area (Å²) < 4.78 is 33.9. The van der Waals surface area contributed by atoms with Gasteiger partial charge >= 0.3 is 18.0 Å². The van der Waals surface area contributed by atoms with Crippen molar-refractivity contribution in [2.45, 2.75) is 62.3 Å². The lowest BCUT2D eigenvalue weighted by atomic mass is 9.61. The van der Waals surface area contributed by atoms with Gasteiger partial charge in [-0.1, -0.05) is 54.1 Å². The quantitative estimate of drug-likeness (QED) is 0.0754. The van der Waals surface area contributed by atoms with Crippen LogP contribution in [0, 0.1) is 5.41 Å². The monoisotopic (exact) mass is 980 g/mol. The van der Waals surface area contributed by atoms with Crippen LogP contribution in [0.15, 0.2) is 78.9 Å². The minimum absolute atomic E-state index is 0.0191. The minimum atomic E-state index is -3.65. The molecule has 0 bridgehead atoms.